The summed E-state index contributed by atoms with van der Waals surface area (Å²) < 4.78 is 26.5. The van der Waals surface area contributed by atoms with Gasteiger partial charge in [0.25, 0.3) is 11.6 Å². The average Bonchev–Trinajstić information content (AvgIpc) is 2.78. The molecule has 9 nitrogen and oxygen atoms in total. The van der Waals surface area contributed by atoms with Gasteiger partial charge < -0.3 is 4.90 Å². The van der Waals surface area contributed by atoms with Gasteiger partial charge in [-0.25, -0.2) is 8.42 Å². The van der Waals surface area contributed by atoms with Gasteiger partial charge in [-0.2, -0.15) is 4.31 Å². The van der Waals surface area contributed by atoms with Gasteiger partial charge in [-0.15, -0.1) is 0 Å². The Balaban J connectivity index is 1.59. The molecule has 1 heterocycles. The Morgan fingerprint density at radius 2 is 1.72 bits per heavy atom. The van der Waals surface area contributed by atoms with Crippen LogP contribution in [0.5, 0.6) is 0 Å². The lowest BCUT2D eigenvalue weighted by atomic mass is 10.1. The van der Waals surface area contributed by atoms with Crippen molar-refractivity contribution in [1.82, 2.24) is 14.1 Å². The van der Waals surface area contributed by atoms with Gasteiger partial charge in [0, 0.05) is 63.5 Å². The standard InChI is InChI=1S/C22H28N4O5S/c1-17(2)23(3)32(30,31)21-9-7-19(8-10-21)22(27)25-13-11-24(12-14-25)16-18-5-4-6-20(15-18)26(28)29/h4-10,15,17H,11-14,16H2,1-3H3. The summed E-state index contributed by atoms with van der Waals surface area (Å²) in [6, 6.07) is 12.5. The lowest BCUT2D eigenvalue weighted by Crippen LogP contribution is -2.48. The second kappa shape index (κ2) is 9.76. The summed E-state index contributed by atoms with van der Waals surface area (Å²) in [5, 5.41) is 10.9. The van der Waals surface area contributed by atoms with Crippen LogP contribution in [0.25, 0.3) is 0 Å². The van der Waals surface area contributed by atoms with Crippen LogP contribution in [0, 0.1) is 10.1 Å². The fourth-order valence-corrected chi connectivity index (χ4v) is 4.90. The molecule has 0 N–H and O–H groups in total. The zero-order valence-electron chi connectivity index (χ0n) is 18.5. The molecule has 1 aliphatic heterocycles. The number of hydrogen-bond donors (Lipinski definition) is 0. The van der Waals surface area contributed by atoms with E-state index in [1.165, 1.54) is 29.6 Å². The molecule has 2 aromatic carbocycles. The monoisotopic (exact) mass is 460 g/mol. The molecule has 32 heavy (non-hydrogen) atoms. The minimum absolute atomic E-state index is 0.0707. The highest BCUT2D eigenvalue weighted by Crippen LogP contribution is 2.19. The summed E-state index contributed by atoms with van der Waals surface area (Å²) in [7, 11) is -2.06. The molecule has 10 heteroatoms. The quantitative estimate of drug-likeness (QED) is 0.465. The molecule has 1 amide bonds. The average molecular weight is 461 g/mol. The Morgan fingerprint density at radius 1 is 1.09 bits per heavy atom. The van der Waals surface area contributed by atoms with Crippen molar-refractivity contribution < 1.29 is 18.1 Å². The van der Waals surface area contributed by atoms with Gasteiger partial charge in [-0.1, -0.05) is 12.1 Å². The van der Waals surface area contributed by atoms with E-state index in [1.807, 2.05) is 6.07 Å². The minimum atomic E-state index is -3.59. The van der Waals surface area contributed by atoms with Crippen molar-refractivity contribution in [3.8, 4) is 0 Å². The van der Waals surface area contributed by atoms with E-state index in [-0.39, 0.29) is 22.5 Å². The summed E-state index contributed by atoms with van der Waals surface area (Å²) >= 11 is 0. The maximum Gasteiger partial charge on any atom is 0.269 e. The highest BCUT2D eigenvalue weighted by Gasteiger charge is 2.25. The first-order valence-corrected chi connectivity index (χ1v) is 11.9. The van der Waals surface area contributed by atoms with E-state index in [9.17, 15) is 23.3 Å². The molecular formula is C22H28N4O5S. The first-order valence-electron chi connectivity index (χ1n) is 10.4. The van der Waals surface area contributed by atoms with Gasteiger partial charge in [0.1, 0.15) is 0 Å². The van der Waals surface area contributed by atoms with E-state index < -0.39 is 14.9 Å². The number of nitro groups is 1. The van der Waals surface area contributed by atoms with Gasteiger partial charge in [-0.05, 0) is 43.7 Å². The third kappa shape index (κ3) is 5.32. The second-order valence-corrected chi connectivity index (χ2v) is 10.1. The van der Waals surface area contributed by atoms with Crippen LogP contribution in [0.3, 0.4) is 0 Å². The number of amides is 1. The van der Waals surface area contributed by atoms with E-state index in [1.54, 1.807) is 43.0 Å². The molecule has 2 aromatic rings. The molecule has 0 saturated carbocycles. The van der Waals surface area contributed by atoms with Crippen molar-refractivity contribution in [2.75, 3.05) is 33.2 Å². The van der Waals surface area contributed by atoms with E-state index in [0.717, 1.165) is 5.56 Å². The Hall–Kier alpha value is -2.82. The minimum Gasteiger partial charge on any atom is -0.336 e. The molecule has 0 spiro atoms. The lowest BCUT2D eigenvalue weighted by Gasteiger charge is -2.34. The third-order valence-corrected chi connectivity index (χ3v) is 7.74. The number of non-ortho nitro benzene ring substituents is 1. The largest absolute Gasteiger partial charge is 0.336 e. The number of carbonyl (C=O) groups is 1. The van der Waals surface area contributed by atoms with Crippen molar-refractivity contribution in [1.29, 1.82) is 0 Å². The topological polar surface area (TPSA) is 104 Å². The van der Waals surface area contributed by atoms with Gasteiger partial charge in [0.15, 0.2) is 0 Å². The van der Waals surface area contributed by atoms with Gasteiger partial charge >= 0.3 is 0 Å². The molecule has 0 aromatic heterocycles. The highest BCUT2D eigenvalue weighted by atomic mass is 32.2. The Morgan fingerprint density at radius 3 is 2.28 bits per heavy atom. The number of sulfonamides is 1. The van der Waals surface area contributed by atoms with Crippen molar-refractivity contribution in [3.63, 3.8) is 0 Å². The molecule has 172 valence electrons. The number of nitro benzene ring substituents is 1. The number of rotatable bonds is 7. The van der Waals surface area contributed by atoms with E-state index >= 15 is 0 Å². The van der Waals surface area contributed by atoms with Gasteiger partial charge in [0.2, 0.25) is 10.0 Å². The summed E-state index contributed by atoms with van der Waals surface area (Å²) in [6.45, 7) is 6.55. The Labute approximate surface area is 188 Å². The SMILES string of the molecule is CC(C)N(C)S(=O)(=O)c1ccc(C(=O)N2CCN(Cc3cccc([N+](=O)[O-])c3)CC2)cc1. The number of benzene rings is 2. The number of hydrogen-bond acceptors (Lipinski definition) is 6. The first kappa shape index (κ1) is 23.8. The van der Waals surface area contributed by atoms with Crippen LogP contribution in [0.4, 0.5) is 5.69 Å². The number of piperazine rings is 1. The number of nitrogens with zero attached hydrogens (tertiary/aromatic N) is 4. The molecule has 0 bridgehead atoms. The van der Waals surface area contributed by atoms with Gasteiger partial charge in [0.05, 0.1) is 9.82 Å². The van der Waals surface area contributed by atoms with Crippen LogP contribution >= 0.6 is 0 Å². The molecule has 3 rings (SSSR count). The molecule has 0 unspecified atom stereocenters. The Bertz CT molecular complexity index is 1080. The maximum absolute atomic E-state index is 12.9. The molecule has 1 saturated heterocycles. The zero-order valence-corrected chi connectivity index (χ0v) is 19.3. The predicted octanol–water partition coefficient (Wildman–Crippen LogP) is 2.58. The van der Waals surface area contributed by atoms with Crippen LogP contribution in [-0.4, -0.2) is 72.6 Å². The van der Waals surface area contributed by atoms with Gasteiger partial charge in [-0.3, -0.25) is 19.8 Å². The molecule has 1 aliphatic rings. The van der Waals surface area contributed by atoms with Crippen LogP contribution in [0.2, 0.25) is 0 Å². The smallest absolute Gasteiger partial charge is 0.269 e. The summed E-state index contributed by atoms with van der Waals surface area (Å²) in [5.74, 6) is -0.138. The fourth-order valence-electron chi connectivity index (χ4n) is 3.53. The Kier molecular flexibility index (Phi) is 7.27. The predicted molar refractivity (Wildman–Crippen MR) is 121 cm³/mol. The summed E-state index contributed by atoms with van der Waals surface area (Å²) in [4.78, 5) is 27.5. The van der Waals surface area contributed by atoms with Crippen LogP contribution in [0.1, 0.15) is 29.8 Å². The lowest BCUT2D eigenvalue weighted by molar-refractivity contribution is -0.384. The summed E-state index contributed by atoms with van der Waals surface area (Å²) in [5.41, 5.74) is 1.38. The molecule has 0 atom stereocenters. The van der Waals surface area contributed by atoms with Crippen LogP contribution in [0.15, 0.2) is 53.4 Å². The van der Waals surface area contributed by atoms with E-state index in [2.05, 4.69) is 4.90 Å². The molecule has 0 aliphatic carbocycles. The van der Waals surface area contributed by atoms with Crippen molar-refractivity contribution in [2.24, 2.45) is 0 Å². The first-order chi connectivity index (χ1) is 15.1. The van der Waals surface area contributed by atoms with E-state index in [4.69, 9.17) is 0 Å². The van der Waals surface area contributed by atoms with E-state index in [0.29, 0.717) is 38.3 Å². The second-order valence-electron chi connectivity index (χ2n) is 8.13. The molecular weight excluding hydrogens is 432 g/mol. The highest BCUT2D eigenvalue weighted by molar-refractivity contribution is 7.89. The normalized spacial score (nSPS) is 15.3. The fraction of sp³-hybridized carbons (Fsp3) is 0.409. The third-order valence-electron chi connectivity index (χ3n) is 5.69. The van der Waals surface area contributed by atoms with Crippen LogP contribution < -0.4 is 0 Å². The summed E-state index contributed by atoms with van der Waals surface area (Å²) in [6.07, 6.45) is 0. The number of carbonyl (C=O) groups excluding carboxylic acids is 1. The maximum atomic E-state index is 12.9. The van der Waals surface area contributed by atoms with Crippen molar-refractivity contribution in [3.05, 3.63) is 69.8 Å². The van der Waals surface area contributed by atoms with Crippen molar-refractivity contribution >= 4 is 21.6 Å². The van der Waals surface area contributed by atoms with Crippen molar-refractivity contribution in [2.45, 2.75) is 31.3 Å². The molecule has 0 radical (unpaired) electrons. The molecule has 1 fully saturated rings. The van der Waals surface area contributed by atoms with Crippen LogP contribution in [-0.2, 0) is 16.6 Å². The zero-order chi connectivity index (χ0) is 23.5.